The van der Waals surface area contributed by atoms with E-state index in [0.717, 1.165) is 30.0 Å². The lowest BCUT2D eigenvalue weighted by atomic mass is 10.1. The summed E-state index contributed by atoms with van der Waals surface area (Å²) in [6.07, 6.45) is 3.60. The lowest BCUT2D eigenvalue weighted by molar-refractivity contribution is 0.699. The van der Waals surface area contributed by atoms with Crippen LogP contribution >= 0.6 is 11.6 Å². The molecule has 1 saturated heterocycles. The average Bonchev–Trinajstić information content (AvgIpc) is 3.15. The third-order valence-electron chi connectivity index (χ3n) is 4.35. The number of aryl methyl sites for hydroxylation is 1. The molecule has 0 saturated carbocycles. The number of aromatic amines is 1. The first-order valence-electron chi connectivity index (χ1n) is 7.57. The molecule has 0 spiro atoms. The predicted molar refractivity (Wildman–Crippen MR) is 89.9 cm³/mol. The molecule has 0 bridgehead atoms. The molecule has 3 heterocycles. The molecule has 23 heavy (non-hydrogen) atoms. The Balaban J connectivity index is 1.80. The zero-order valence-electron chi connectivity index (χ0n) is 12.7. The molecule has 1 atom stereocenters. The number of hydrogen-bond acceptors (Lipinski definition) is 4. The molecule has 0 radical (unpaired) electrons. The Labute approximate surface area is 137 Å². The Bertz CT molecular complexity index is 932. The van der Waals surface area contributed by atoms with Crippen LogP contribution in [0.2, 0.25) is 5.02 Å². The summed E-state index contributed by atoms with van der Waals surface area (Å²) >= 11 is 6.12. The average molecular weight is 330 g/mol. The molecule has 1 N–H and O–H groups in total. The molecule has 6 nitrogen and oxygen atoms in total. The number of fused-ring (bicyclic) bond motifs is 1. The van der Waals surface area contributed by atoms with Crippen molar-refractivity contribution >= 4 is 28.6 Å². The maximum Gasteiger partial charge on any atom is 0.263 e. The number of aromatic nitrogens is 4. The fourth-order valence-electron chi connectivity index (χ4n) is 3.24. The zero-order valence-corrected chi connectivity index (χ0v) is 13.4. The molecule has 1 aliphatic rings. The van der Waals surface area contributed by atoms with Gasteiger partial charge in [0.15, 0.2) is 5.65 Å². The van der Waals surface area contributed by atoms with Gasteiger partial charge in [0.25, 0.3) is 5.56 Å². The first kappa shape index (κ1) is 14.3. The van der Waals surface area contributed by atoms with Crippen molar-refractivity contribution in [3.05, 3.63) is 51.4 Å². The summed E-state index contributed by atoms with van der Waals surface area (Å²) in [5, 5.41) is 5.34. The van der Waals surface area contributed by atoms with Crippen LogP contribution in [-0.2, 0) is 7.05 Å². The minimum absolute atomic E-state index is 0.158. The number of H-pyrrole nitrogens is 1. The van der Waals surface area contributed by atoms with E-state index in [2.05, 4.69) is 26.0 Å². The summed E-state index contributed by atoms with van der Waals surface area (Å²) in [6.45, 7) is 0.851. The maximum absolute atomic E-state index is 12.3. The second kappa shape index (κ2) is 5.38. The Morgan fingerprint density at radius 3 is 3.09 bits per heavy atom. The lowest BCUT2D eigenvalue weighted by Crippen LogP contribution is -2.27. The van der Waals surface area contributed by atoms with E-state index in [9.17, 15) is 4.79 Å². The number of benzene rings is 1. The molecule has 1 aliphatic heterocycles. The largest absolute Gasteiger partial charge is 0.335 e. The molecule has 0 aliphatic carbocycles. The van der Waals surface area contributed by atoms with E-state index in [1.54, 1.807) is 17.9 Å². The van der Waals surface area contributed by atoms with E-state index < -0.39 is 0 Å². The summed E-state index contributed by atoms with van der Waals surface area (Å²) in [4.78, 5) is 21.9. The highest BCUT2D eigenvalue weighted by Gasteiger charge is 2.28. The van der Waals surface area contributed by atoms with Crippen LogP contribution in [0.4, 0.5) is 5.95 Å². The van der Waals surface area contributed by atoms with Crippen LogP contribution in [0.5, 0.6) is 0 Å². The summed E-state index contributed by atoms with van der Waals surface area (Å²) in [6, 6.07) is 8.03. The number of rotatable bonds is 2. The van der Waals surface area contributed by atoms with E-state index in [4.69, 9.17) is 11.6 Å². The Kier molecular flexibility index (Phi) is 3.34. The van der Waals surface area contributed by atoms with Crippen molar-refractivity contribution in [1.29, 1.82) is 0 Å². The van der Waals surface area contributed by atoms with Crippen molar-refractivity contribution in [2.75, 3.05) is 11.4 Å². The van der Waals surface area contributed by atoms with E-state index in [0.29, 0.717) is 17.0 Å². The van der Waals surface area contributed by atoms with Gasteiger partial charge in [0, 0.05) is 18.6 Å². The first-order chi connectivity index (χ1) is 11.1. The van der Waals surface area contributed by atoms with Crippen molar-refractivity contribution < 1.29 is 0 Å². The maximum atomic E-state index is 12.3. The smallest absolute Gasteiger partial charge is 0.263 e. The van der Waals surface area contributed by atoms with Gasteiger partial charge in [-0.3, -0.25) is 14.5 Å². The third kappa shape index (κ3) is 2.39. The standard InChI is InChI=1S/C16H16ClN5O/c1-21-14-12(9-18-21)15(23)20-16(19-14)22-7-3-6-13(22)10-4-2-5-11(17)8-10/h2,4-5,8-9,13H,3,6-7H2,1H3,(H,19,20,23)/t13-/m1/s1. The number of hydrogen-bond donors (Lipinski definition) is 1. The highest BCUT2D eigenvalue weighted by atomic mass is 35.5. The zero-order chi connectivity index (χ0) is 16.0. The molecular formula is C16H16ClN5O. The van der Waals surface area contributed by atoms with Crippen molar-refractivity contribution in [2.24, 2.45) is 7.05 Å². The van der Waals surface area contributed by atoms with Crippen molar-refractivity contribution in [3.63, 3.8) is 0 Å². The summed E-state index contributed by atoms with van der Waals surface area (Å²) in [5.74, 6) is 0.591. The van der Waals surface area contributed by atoms with Gasteiger partial charge in [0.2, 0.25) is 5.95 Å². The second-order valence-electron chi connectivity index (χ2n) is 5.80. The predicted octanol–water partition coefficient (Wildman–Crippen LogP) is 2.65. The van der Waals surface area contributed by atoms with Crippen LogP contribution in [0.25, 0.3) is 11.0 Å². The van der Waals surface area contributed by atoms with Crippen LogP contribution in [0.1, 0.15) is 24.4 Å². The fraction of sp³-hybridized carbons (Fsp3) is 0.312. The SMILES string of the molecule is Cn1ncc2c(=O)[nH]c(N3CCC[C@@H]3c3cccc(Cl)c3)nc21. The number of nitrogens with one attached hydrogen (secondary N) is 1. The van der Waals surface area contributed by atoms with Crippen LogP contribution in [0.3, 0.4) is 0 Å². The van der Waals surface area contributed by atoms with Gasteiger partial charge in [-0.05, 0) is 30.5 Å². The minimum atomic E-state index is -0.158. The number of anilines is 1. The highest BCUT2D eigenvalue weighted by molar-refractivity contribution is 6.30. The number of nitrogens with zero attached hydrogens (tertiary/aromatic N) is 4. The molecule has 4 rings (SSSR count). The van der Waals surface area contributed by atoms with E-state index in [-0.39, 0.29) is 11.6 Å². The summed E-state index contributed by atoms with van der Waals surface area (Å²) in [5.41, 5.74) is 1.58. The molecule has 1 aromatic carbocycles. The van der Waals surface area contributed by atoms with Crippen LogP contribution in [0, 0.1) is 0 Å². The first-order valence-corrected chi connectivity index (χ1v) is 7.95. The van der Waals surface area contributed by atoms with Crippen molar-refractivity contribution in [3.8, 4) is 0 Å². The Hall–Kier alpha value is -2.34. The quantitative estimate of drug-likeness (QED) is 0.785. The fourth-order valence-corrected chi connectivity index (χ4v) is 3.44. The number of halogens is 1. The minimum Gasteiger partial charge on any atom is -0.335 e. The van der Waals surface area contributed by atoms with E-state index >= 15 is 0 Å². The molecule has 2 aromatic heterocycles. The van der Waals surface area contributed by atoms with E-state index in [1.165, 1.54) is 0 Å². The Morgan fingerprint density at radius 1 is 1.39 bits per heavy atom. The van der Waals surface area contributed by atoms with Gasteiger partial charge in [-0.1, -0.05) is 23.7 Å². The monoisotopic (exact) mass is 329 g/mol. The van der Waals surface area contributed by atoms with Gasteiger partial charge in [0.05, 0.1) is 12.2 Å². The van der Waals surface area contributed by atoms with Crippen LogP contribution < -0.4 is 10.5 Å². The summed E-state index contributed by atoms with van der Waals surface area (Å²) < 4.78 is 1.62. The van der Waals surface area contributed by atoms with E-state index in [1.807, 2.05) is 18.2 Å². The van der Waals surface area contributed by atoms with Gasteiger partial charge >= 0.3 is 0 Å². The van der Waals surface area contributed by atoms with Crippen LogP contribution in [-0.4, -0.2) is 26.3 Å². The van der Waals surface area contributed by atoms with Crippen LogP contribution in [0.15, 0.2) is 35.3 Å². The van der Waals surface area contributed by atoms with Gasteiger partial charge in [-0.2, -0.15) is 10.1 Å². The molecule has 3 aromatic rings. The third-order valence-corrected chi connectivity index (χ3v) is 4.58. The Morgan fingerprint density at radius 2 is 2.26 bits per heavy atom. The molecular weight excluding hydrogens is 314 g/mol. The topological polar surface area (TPSA) is 66.8 Å². The summed E-state index contributed by atoms with van der Waals surface area (Å²) in [7, 11) is 1.79. The highest BCUT2D eigenvalue weighted by Crippen LogP contribution is 2.35. The molecule has 7 heteroatoms. The van der Waals surface area contributed by atoms with Gasteiger partial charge in [-0.25, -0.2) is 0 Å². The molecule has 118 valence electrons. The molecule has 0 amide bonds. The second-order valence-corrected chi connectivity index (χ2v) is 6.24. The van der Waals surface area contributed by atoms with Gasteiger partial charge in [-0.15, -0.1) is 0 Å². The van der Waals surface area contributed by atoms with Crippen molar-refractivity contribution in [1.82, 2.24) is 19.7 Å². The molecule has 0 unspecified atom stereocenters. The van der Waals surface area contributed by atoms with Gasteiger partial charge < -0.3 is 4.90 Å². The van der Waals surface area contributed by atoms with Crippen molar-refractivity contribution in [2.45, 2.75) is 18.9 Å². The van der Waals surface area contributed by atoms with Gasteiger partial charge in [0.1, 0.15) is 5.39 Å². The normalized spacial score (nSPS) is 18.0. The lowest BCUT2D eigenvalue weighted by Gasteiger charge is -2.25. The molecule has 1 fully saturated rings.